The van der Waals surface area contributed by atoms with Gasteiger partial charge in [0.1, 0.15) is 0 Å². The monoisotopic (exact) mass is 175 g/mol. The van der Waals surface area contributed by atoms with Gasteiger partial charge in [-0.3, -0.25) is 9.78 Å². The van der Waals surface area contributed by atoms with Crippen LogP contribution in [0, 0.1) is 12.8 Å². The second-order valence-corrected chi connectivity index (χ2v) is 3.68. The van der Waals surface area contributed by atoms with Crippen LogP contribution in [0.4, 0.5) is 0 Å². The zero-order chi connectivity index (χ0) is 9.26. The summed E-state index contributed by atoms with van der Waals surface area (Å²) in [4.78, 5) is 15.8. The van der Waals surface area contributed by atoms with Crippen molar-refractivity contribution in [3.63, 3.8) is 0 Å². The van der Waals surface area contributed by atoms with E-state index in [4.69, 9.17) is 0 Å². The van der Waals surface area contributed by atoms with Gasteiger partial charge in [-0.15, -0.1) is 0 Å². The van der Waals surface area contributed by atoms with Crippen LogP contribution < -0.4 is 0 Å². The maximum Gasteiger partial charge on any atom is 0.167 e. The van der Waals surface area contributed by atoms with E-state index in [1.807, 2.05) is 13.0 Å². The fraction of sp³-hybridized carbons (Fsp3) is 0.455. The lowest BCUT2D eigenvalue weighted by Crippen LogP contribution is -2.22. The average Bonchev–Trinajstić information content (AvgIpc) is 2.01. The van der Waals surface area contributed by atoms with Gasteiger partial charge in [0, 0.05) is 23.9 Å². The Hall–Kier alpha value is -1.18. The van der Waals surface area contributed by atoms with Gasteiger partial charge in [0.15, 0.2) is 5.78 Å². The molecule has 1 saturated carbocycles. The predicted octanol–water partition coefficient (Wildman–Crippen LogP) is 2.37. The molecule has 1 heterocycles. The Labute approximate surface area is 78.0 Å². The van der Waals surface area contributed by atoms with Gasteiger partial charge in [0.2, 0.25) is 0 Å². The van der Waals surface area contributed by atoms with Crippen LogP contribution in [0.15, 0.2) is 18.5 Å². The van der Waals surface area contributed by atoms with E-state index >= 15 is 0 Å². The number of carbonyl (C=O) groups is 1. The molecule has 68 valence electrons. The Morgan fingerprint density at radius 1 is 1.54 bits per heavy atom. The van der Waals surface area contributed by atoms with Crippen molar-refractivity contribution in [3.8, 4) is 0 Å². The van der Waals surface area contributed by atoms with E-state index in [0.29, 0.717) is 0 Å². The molecule has 0 aromatic carbocycles. The molecular weight excluding hydrogens is 162 g/mol. The molecule has 13 heavy (non-hydrogen) atoms. The summed E-state index contributed by atoms with van der Waals surface area (Å²) in [5.41, 5.74) is 1.86. The zero-order valence-corrected chi connectivity index (χ0v) is 7.79. The van der Waals surface area contributed by atoms with E-state index in [1.165, 1.54) is 6.42 Å². The van der Waals surface area contributed by atoms with Gasteiger partial charge >= 0.3 is 0 Å². The third-order valence-corrected chi connectivity index (χ3v) is 2.78. The first kappa shape index (κ1) is 8.42. The van der Waals surface area contributed by atoms with Crippen LogP contribution in [0.2, 0.25) is 0 Å². The summed E-state index contributed by atoms with van der Waals surface area (Å²) in [7, 11) is 0. The molecule has 0 radical (unpaired) electrons. The van der Waals surface area contributed by atoms with Crippen molar-refractivity contribution in [3.05, 3.63) is 29.6 Å². The summed E-state index contributed by atoms with van der Waals surface area (Å²) in [6.07, 6.45) is 6.75. The first-order chi connectivity index (χ1) is 6.29. The lowest BCUT2D eigenvalue weighted by Gasteiger charge is -2.24. The number of hydrogen-bond donors (Lipinski definition) is 0. The fourth-order valence-electron chi connectivity index (χ4n) is 1.61. The molecule has 2 nitrogen and oxygen atoms in total. The van der Waals surface area contributed by atoms with Crippen LogP contribution in [0.25, 0.3) is 0 Å². The van der Waals surface area contributed by atoms with Crippen molar-refractivity contribution in [1.82, 2.24) is 4.98 Å². The molecule has 1 aliphatic carbocycles. The number of rotatable bonds is 2. The number of aryl methyl sites for hydroxylation is 1. The lowest BCUT2D eigenvalue weighted by atomic mass is 9.79. The van der Waals surface area contributed by atoms with Gasteiger partial charge in [-0.05, 0) is 31.4 Å². The highest BCUT2D eigenvalue weighted by Crippen LogP contribution is 2.30. The molecule has 2 heteroatoms. The molecule has 0 unspecified atom stereocenters. The quantitative estimate of drug-likeness (QED) is 0.646. The van der Waals surface area contributed by atoms with E-state index in [2.05, 4.69) is 4.98 Å². The molecule has 1 fully saturated rings. The van der Waals surface area contributed by atoms with Crippen molar-refractivity contribution < 1.29 is 4.79 Å². The number of Topliss-reactive ketones (excluding diaryl/α,β-unsaturated/α-hetero) is 1. The second-order valence-electron chi connectivity index (χ2n) is 3.68. The molecule has 1 aromatic rings. The van der Waals surface area contributed by atoms with Crippen LogP contribution in [0.1, 0.15) is 35.2 Å². The Bertz CT molecular complexity index is 329. The van der Waals surface area contributed by atoms with E-state index in [9.17, 15) is 4.79 Å². The molecule has 0 spiro atoms. The lowest BCUT2D eigenvalue weighted by molar-refractivity contribution is 0.0854. The number of ketones is 1. The van der Waals surface area contributed by atoms with Gasteiger partial charge in [-0.25, -0.2) is 0 Å². The Morgan fingerprint density at radius 2 is 2.31 bits per heavy atom. The molecule has 1 aromatic heterocycles. The minimum absolute atomic E-state index is 0.280. The maximum absolute atomic E-state index is 11.8. The molecular formula is C11H13NO. The highest BCUT2D eigenvalue weighted by Gasteiger charge is 2.26. The van der Waals surface area contributed by atoms with Crippen LogP contribution in [-0.2, 0) is 0 Å². The molecule has 2 rings (SSSR count). The number of aromatic nitrogens is 1. The molecule has 0 saturated heterocycles. The molecule has 0 N–H and O–H groups in total. The van der Waals surface area contributed by atoms with Gasteiger partial charge in [0.25, 0.3) is 0 Å². The average molecular weight is 175 g/mol. The highest BCUT2D eigenvalue weighted by molar-refractivity contribution is 5.99. The summed E-state index contributed by atoms with van der Waals surface area (Å²) in [6.45, 7) is 1.97. The Balaban J connectivity index is 2.24. The minimum Gasteiger partial charge on any atom is -0.294 e. The Morgan fingerprint density at radius 3 is 2.85 bits per heavy atom. The predicted molar refractivity (Wildman–Crippen MR) is 50.6 cm³/mol. The van der Waals surface area contributed by atoms with Crippen molar-refractivity contribution >= 4 is 5.78 Å². The van der Waals surface area contributed by atoms with Crippen molar-refractivity contribution in [2.75, 3.05) is 0 Å². The summed E-state index contributed by atoms with van der Waals surface area (Å²) < 4.78 is 0. The molecule has 0 atom stereocenters. The van der Waals surface area contributed by atoms with Crippen LogP contribution in [0.5, 0.6) is 0 Å². The van der Waals surface area contributed by atoms with Gasteiger partial charge in [-0.2, -0.15) is 0 Å². The Kier molecular flexibility index (Phi) is 2.13. The standard InChI is InChI=1S/C11H13NO/c1-8-5-6-12-7-10(8)11(13)9-3-2-4-9/h5-7,9H,2-4H2,1H3. The van der Waals surface area contributed by atoms with E-state index in [0.717, 1.165) is 24.0 Å². The van der Waals surface area contributed by atoms with Crippen molar-refractivity contribution in [2.24, 2.45) is 5.92 Å². The van der Waals surface area contributed by atoms with E-state index in [1.54, 1.807) is 12.4 Å². The topological polar surface area (TPSA) is 30.0 Å². The first-order valence-corrected chi connectivity index (χ1v) is 4.74. The normalized spacial score (nSPS) is 16.7. The molecule has 0 aliphatic heterocycles. The number of pyridine rings is 1. The summed E-state index contributed by atoms with van der Waals surface area (Å²) in [5.74, 6) is 0.569. The number of nitrogens with zero attached hydrogens (tertiary/aromatic N) is 1. The number of carbonyl (C=O) groups excluding carboxylic acids is 1. The second kappa shape index (κ2) is 3.29. The maximum atomic E-state index is 11.8. The smallest absolute Gasteiger partial charge is 0.167 e. The van der Waals surface area contributed by atoms with Gasteiger partial charge in [0.05, 0.1) is 0 Å². The van der Waals surface area contributed by atoms with Gasteiger partial charge in [-0.1, -0.05) is 6.42 Å². The fourth-order valence-corrected chi connectivity index (χ4v) is 1.61. The van der Waals surface area contributed by atoms with E-state index in [-0.39, 0.29) is 11.7 Å². The van der Waals surface area contributed by atoms with E-state index < -0.39 is 0 Å². The zero-order valence-electron chi connectivity index (χ0n) is 7.79. The molecule has 0 bridgehead atoms. The summed E-state index contributed by atoms with van der Waals surface area (Å²) in [6, 6.07) is 1.89. The number of hydrogen-bond acceptors (Lipinski definition) is 2. The van der Waals surface area contributed by atoms with Gasteiger partial charge < -0.3 is 0 Å². The summed E-state index contributed by atoms with van der Waals surface area (Å²) in [5, 5.41) is 0. The molecule has 0 amide bonds. The summed E-state index contributed by atoms with van der Waals surface area (Å²) >= 11 is 0. The third-order valence-electron chi connectivity index (χ3n) is 2.78. The third kappa shape index (κ3) is 1.48. The van der Waals surface area contributed by atoms with Crippen LogP contribution >= 0.6 is 0 Å². The highest BCUT2D eigenvalue weighted by atomic mass is 16.1. The van der Waals surface area contributed by atoms with Crippen molar-refractivity contribution in [1.29, 1.82) is 0 Å². The first-order valence-electron chi connectivity index (χ1n) is 4.74. The largest absolute Gasteiger partial charge is 0.294 e. The van der Waals surface area contributed by atoms with Crippen molar-refractivity contribution in [2.45, 2.75) is 26.2 Å². The SMILES string of the molecule is Cc1ccncc1C(=O)C1CCC1. The molecule has 1 aliphatic rings. The van der Waals surface area contributed by atoms with Crippen LogP contribution in [-0.4, -0.2) is 10.8 Å². The minimum atomic E-state index is 0.280. The van der Waals surface area contributed by atoms with Crippen LogP contribution in [0.3, 0.4) is 0 Å².